The molecule has 1 amide bonds. The maximum Gasteiger partial charge on any atom is 0.220 e. The number of hydrogen-bond donors (Lipinski definition) is 12. The lowest BCUT2D eigenvalue weighted by molar-refractivity contribution is -0.379. The van der Waals surface area contributed by atoms with Crippen LogP contribution in [-0.4, -0.2) is 193 Å². The number of nitrogens with one attached hydrogen (secondary N) is 1. The minimum atomic E-state index is -1.98. The molecule has 97 heavy (non-hydrogen) atoms. The summed E-state index contributed by atoms with van der Waals surface area (Å²) in [5, 5.41) is 121. The molecule has 3 aliphatic heterocycles. The van der Waals surface area contributed by atoms with E-state index >= 15 is 0 Å². The van der Waals surface area contributed by atoms with Gasteiger partial charge in [-0.2, -0.15) is 0 Å². The number of unbranched alkanes of at least 4 members (excludes halogenated alkanes) is 43. The molecular weight excluding hydrogens is 1240 g/mol. The summed E-state index contributed by atoms with van der Waals surface area (Å²) in [6.07, 6.45) is 45.5. The van der Waals surface area contributed by atoms with E-state index in [1.807, 2.05) is 6.08 Å². The van der Waals surface area contributed by atoms with E-state index < -0.39 is 124 Å². The normalized spacial score (nSPS) is 27.0. The topological polar surface area (TPSA) is 307 Å². The van der Waals surface area contributed by atoms with E-state index in [4.69, 9.17) is 28.4 Å². The molecule has 0 aliphatic carbocycles. The first kappa shape index (κ1) is 89.2. The van der Waals surface area contributed by atoms with Crippen LogP contribution in [0.25, 0.3) is 0 Å². The van der Waals surface area contributed by atoms with E-state index in [0.717, 1.165) is 51.4 Å². The molecule has 3 heterocycles. The molecule has 0 saturated carbocycles. The standard InChI is InChI=1S/C78H145NO18/c1-3-5-7-9-11-13-15-17-19-21-23-25-27-29-30-32-34-36-38-40-42-44-46-48-50-52-54-56-66(84)79-61(62(83)55-53-51-49-47-45-43-41-39-37-35-33-31-28-26-24-22-20-18-16-14-12-10-8-6-4-2)60-92-76-72(90)69(87)74(64(58-81)94-76)97-78-73(91)70(88)75(65(59-82)95-78)96-77-71(89)68(86)67(85)63(57-80)93-77/h15,17,21,23,53,55,61-65,67-78,80-83,85-91H,3-14,16,18-20,22,24-52,54,56-60H2,1-2H3,(H,79,84)/b17-15-,23-21-,55-53+. The summed E-state index contributed by atoms with van der Waals surface area (Å²) in [6, 6.07) is -0.974. The Bertz CT molecular complexity index is 1900. The van der Waals surface area contributed by atoms with Crippen LogP contribution >= 0.6 is 0 Å². The van der Waals surface area contributed by atoms with Gasteiger partial charge in [0.15, 0.2) is 18.9 Å². The van der Waals surface area contributed by atoms with Crippen molar-refractivity contribution in [3.05, 3.63) is 36.5 Å². The zero-order valence-corrected chi connectivity index (χ0v) is 60.8. The van der Waals surface area contributed by atoms with Crippen LogP contribution in [0.2, 0.25) is 0 Å². The van der Waals surface area contributed by atoms with Gasteiger partial charge in [-0.25, -0.2) is 0 Å². The zero-order valence-electron chi connectivity index (χ0n) is 60.8. The number of rotatable bonds is 63. The molecule has 0 bridgehead atoms. The van der Waals surface area contributed by atoms with E-state index in [2.05, 4.69) is 43.5 Å². The highest BCUT2D eigenvalue weighted by Crippen LogP contribution is 2.33. The van der Waals surface area contributed by atoms with Crippen LogP contribution in [0.4, 0.5) is 0 Å². The average Bonchev–Trinajstić information content (AvgIpc) is 0.790. The van der Waals surface area contributed by atoms with Gasteiger partial charge in [-0.1, -0.05) is 301 Å². The first-order valence-corrected chi connectivity index (χ1v) is 39.7. The molecule has 12 N–H and O–H groups in total. The Labute approximate surface area is 587 Å². The Morgan fingerprint density at radius 3 is 1.05 bits per heavy atom. The minimum Gasteiger partial charge on any atom is -0.394 e. The van der Waals surface area contributed by atoms with Crippen LogP contribution < -0.4 is 5.32 Å². The summed E-state index contributed by atoms with van der Waals surface area (Å²) in [7, 11) is 0. The zero-order chi connectivity index (χ0) is 70.4. The van der Waals surface area contributed by atoms with Gasteiger partial charge in [0, 0.05) is 6.42 Å². The van der Waals surface area contributed by atoms with E-state index in [0.29, 0.717) is 6.42 Å². The summed E-state index contributed by atoms with van der Waals surface area (Å²) in [5.74, 6) is -0.271. The van der Waals surface area contributed by atoms with Crippen LogP contribution in [0.1, 0.15) is 322 Å². The monoisotopic (exact) mass is 1380 g/mol. The highest BCUT2D eigenvalue weighted by atomic mass is 16.8. The van der Waals surface area contributed by atoms with Gasteiger partial charge in [-0.05, 0) is 51.4 Å². The first-order valence-electron chi connectivity index (χ1n) is 39.7. The van der Waals surface area contributed by atoms with Crippen LogP contribution in [0.5, 0.6) is 0 Å². The van der Waals surface area contributed by atoms with Crippen LogP contribution in [0.15, 0.2) is 36.5 Å². The Hall–Kier alpha value is -1.99. The van der Waals surface area contributed by atoms with Crippen molar-refractivity contribution >= 4 is 5.91 Å². The number of ether oxygens (including phenoxy) is 6. The molecule has 0 aromatic carbocycles. The lowest BCUT2D eigenvalue weighted by Crippen LogP contribution is -2.66. The molecule has 3 aliphatic rings. The molecule has 0 spiro atoms. The largest absolute Gasteiger partial charge is 0.394 e. The number of carbonyl (C=O) groups excluding carboxylic acids is 1. The van der Waals surface area contributed by atoms with Crippen molar-refractivity contribution in [2.45, 2.75) is 426 Å². The van der Waals surface area contributed by atoms with Crippen LogP contribution in [0, 0.1) is 0 Å². The molecule has 0 aromatic rings. The summed E-state index contributed by atoms with van der Waals surface area (Å²) in [5.41, 5.74) is 0. The fraction of sp³-hybridized carbons (Fsp3) is 0.910. The highest BCUT2D eigenvalue weighted by molar-refractivity contribution is 5.76. The summed E-state index contributed by atoms with van der Waals surface area (Å²) >= 11 is 0. The molecule has 3 saturated heterocycles. The van der Waals surface area contributed by atoms with Crippen molar-refractivity contribution in [1.29, 1.82) is 0 Å². The Morgan fingerprint density at radius 2 is 0.680 bits per heavy atom. The van der Waals surface area contributed by atoms with Gasteiger partial charge in [0.1, 0.15) is 73.2 Å². The lowest BCUT2D eigenvalue weighted by atomic mass is 9.96. The van der Waals surface area contributed by atoms with E-state index in [1.165, 1.54) is 244 Å². The Morgan fingerprint density at radius 1 is 0.371 bits per heavy atom. The third-order valence-electron chi connectivity index (χ3n) is 19.9. The minimum absolute atomic E-state index is 0.245. The second-order valence-electron chi connectivity index (χ2n) is 28.5. The lowest BCUT2D eigenvalue weighted by Gasteiger charge is -2.48. The fourth-order valence-electron chi connectivity index (χ4n) is 13.5. The average molecular weight is 1390 g/mol. The van der Waals surface area contributed by atoms with Crippen molar-refractivity contribution in [3.63, 3.8) is 0 Å². The van der Waals surface area contributed by atoms with Crippen molar-refractivity contribution in [3.8, 4) is 0 Å². The van der Waals surface area contributed by atoms with Gasteiger partial charge in [0.05, 0.1) is 38.6 Å². The fourth-order valence-corrected chi connectivity index (χ4v) is 13.5. The Balaban J connectivity index is 1.39. The molecule has 3 fully saturated rings. The number of aliphatic hydroxyl groups excluding tert-OH is 11. The second kappa shape index (κ2) is 59.4. The predicted octanol–water partition coefficient (Wildman–Crippen LogP) is 12.7. The number of hydrogen-bond acceptors (Lipinski definition) is 18. The molecule has 17 unspecified atom stereocenters. The highest BCUT2D eigenvalue weighted by Gasteiger charge is 2.53. The van der Waals surface area contributed by atoms with E-state index in [1.54, 1.807) is 6.08 Å². The number of aliphatic hydroxyl groups is 11. The number of allylic oxidation sites excluding steroid dienone is 5. The summed E-state index contributed by atoms with van der Waals surface area (Å²) in [4.78, 5) is 13.5. The number of carbonyl (C=O) groups is 1. The van der Waals surface area contributed by atoms with Crippen molar-refractivity contribution in [1.82, 2.24) is 5.32 Å². The molecule has 19 heteroatoms. The molecule has 3 rings (SSSR count). The molecule has 0 aromatic heterocycles. The van der Waals surface area contributed by atoms with Crippen molar-refractivity contribution in [2.24, 2.45) is 0 Å². The maximum atomic E-state index is 13.5. The van der Waals surface area contributed by atoms with Crippen LogP contribution in [0.3, 0.4) is 0 Å². The van der Waals surface area contributed by atoms with Gasteiger partial charge in [0.25, 0.3) is 0 Å². The third kappa shape index (κ3) is 40.0. The summed E-state index contributed by atoms with van der Waals surface area (Å²) in [6.45, 7) is 1.77. The molecule has 0 radical (unpaired) electrons. The van der Waals surface area contributed by atoms with Gasteiger partial charge in [-0.15, -0.1) is 0 Å². The molecule has 570 valence electrons. The van der Waals surface area contributed by atoms with Gasteiger partial charge >= 0.3 is 0 Å². The number of amides is 1. The van der Waals surface area contributed by atoms with E-state index in [9.17, 15) is 61.0 Å². The molecule has 17 atom stereocenters. The molecular formula is C78H145NO18. The SMILES string of the molecule is CCCCCCC/C=C\C/C=C\CCCCCCCCCCCCCCCCCC(=O)NC(COC1OC(CO)C(OC2OC(CO)C(OC3OC(CO)C(O)C(O)C3O)C(O)C2O)C(O)C1O)C(O)/C=C/CCCCCCCCCCCCCCCCCCCCCCCCC. The van der Waals surface area contributed by atoms with Gasteiger partial charge < -0.3 is 89.9 Å². The maximum absolute atomic E-state index is 13.5. The second-order valence-corrected chi connectivity index (χ2v) is 28.5. The van der Waals surface area contributed by atoms with E-state index in [-0.39, 0.29) is 18.9 Å². The van der Waals surface area contributed by atoms with Gasteiger partial charge in [0.2, 0.25) is 5.91 Å². The van der Waals surface area contributed by atoms with Crippen molar-refractivity contribution < 1.29 is 89.4 Å². The van der Waals surface area contributed by atoms with Gasteiger partial charge in [-0.3, -0.25) is 4.79 Å². The molecule has 19 nitrogen and oxygen atoms in total. The quantitative estimate of drug-likeness (QED) is 0.0199. The first-order chi connectivity index (χ1) is 47.3. The predicted molar refractivity (Wildman–Crippen MR) is 383 cm³/mol. The smallest absolute Gasteiger partial charge is 0.220 e. The summed E-state index contributed by atoms with van der Waals surface area (Å²) < 4.78 is 34.5. The van der Waals surface area contributed by atoms with Crippen molar-refractivity contribution in [2.75, 3.05) is 26.4 Å². The third-order valence-corrected chi connectivity index (χ3v) is 19.9. The Kier molecular flexibility index (Phi) is 54.6. The van der Waals surface area contributed by atoms with Crippen LogP contribution in [-0.2, 0) is 33.2 Å².